The molecule has 10 rings (SSSR count). The van der Waals surface area contributed by atoms with E-state index in [9.17, 15) is 0 Å². The van der Waals surface area contributed by atoms with Gasteiger partial charge in [0.15, 0.2) is 0 Å². The molecule has 0 aliphatic carbocycles. The average Bonchev–Trinajstić information content (AvgIpc) is 3.24. The standard InChI is InChI=1S/2C24H18N4/c25-24-27-21-14-13-20(19-12-6-10-17-9-4-5-11-18(17)19)26-23(21)22(28-24)15-16-7-2-1-3-8-16;25-24-27-21-13-12-20(19-11-10-17-8-4-5-9-18(17)15-19)26-23(21)22(28-24)14-16-6-2-1-3-7-16/h1-14H,15H2,(H2,25,27,28);1-13,15H,14H2,(H2,25,27,28). The smallest absolute Gasteiger partial charge is 0.220 e. The summed E-state index contributed by atoms with van der Waals surface area (Å²) in [4.78, 5) is 27.6. The van der Waals surface area contributed by atoms with Gasteiger partial charge in [-0.1, -0.05) is 140 Å². The summed E-state index contributed by atoms with van der Waals surface area (Å²) in [7, 11) is 0. The van der Waals surface area contributed by atoms with Crippen LogP contribution in [0.4, 0.5) is 11.9 Å². The normalized spacial score (nSPS) is 11.1. The summed E-state index contributed by atoms with van der Waals surface area (Å²) < 4.78 is 0. The van der Waals surface area contributed by atoms with Gasteiger partial charge in [0, 0.05) is 24.0 Å². The third-order valence-electron chi connectivity index (χ3n) is 9.80. The van der Waals surface area contributed by atoms with Crippen LogP contribution in [0.3, 0.4) is 0 Å². The maximum atomic E-state index is 5.95. The lowest BCUT2D eigenvalue weighted by atomic mass is 10.0. The zero-order valence-corrected chi connectivity index (χ0v) is 30.4. The molecule has 0 unspecified atom stereocenters. The topological polar surface area (TPSA) is 129 Å². The number of nitrogens with zero attached hydrogens (tertiary/aromatic N) is 6. The van der Waals surface area contributed by atoms with Crippen molar-refractivity contribution in [2.24, 2.45) is 0 Å². The number of fused-ring (bicyclic) bond motifs is 4. The lowest BCUT2D eigenvalue weighted by Crippen LogP contribution is -2.03. The van der Waals surface area contributed by atoms with Crippen LogP contribution in [0.15, 0.2) is 170 Å². The first kappa shape index (κ1) is 34.2. The number of pyridine rings is 2. The predicted molar refractivity (Wildman–Crippen MR) is 228 cm³/mol. The number of benzene rings is 6. The van der Waals surface area contributed by atoms with Gasteiger partial charge in [0.1, 0.15) is 11.0 Å². The fraction of sp³-hybridized carbons (Fsp3) is 0.0417. The Bertz CT molecular complexity index is 2990. The maximum absolute atomic E-state index is 5.95. The number of anilines is 2. The van der Waals surface area contributed by atoms with Crippen molar-refractivity contribution >= 4 is 55.5 Å². The van der Waals surface area contributed by atoms with Gasteiger partial charge in [-0.05, 0) is 63.0 Å². The Kier molecular flexibility index (Phi) is 9.19. The molecule has 8 nitrogen and oxygen atoms in total. The highest BCUT2D eigenvalue weighted by Crippen LogP contribution is 2.30. The van der Waals surface area contributed by atoms with Crippen LogP contribution in [0.2, 0.25) is 0 Å². The Morgan fingerprint density at radius 3 is 1.54 bits per heavy atom. The minimum atomic E-state index is 0.276. The van der Waals surface area contributed by atoms with Crippen molar-refractivity contribution < 1.29 is 0 Å². The van der Waals surface area contributed by atoms with Gasteiger partial charge in [0.25, 0.3) is 0 Å². The van der Waals surface area contributed by atoms with Gasteiger partial charge in [-0.25, -0.2) is 29.9 Å². The van der Waals surface area contributed by atoms with E-state index < -0.39 is 0 Å². The van der Waals surface area contributed by atoms with Gasteiger partial charge in [-0.3, -0.25) is 0 Å². The van der Waals surface area contributed by atoms with Crippen LogP contribution < -0.4 is 11.5 Å². The van der Waals surface area contributed by atoms with E-state index in [0.29, 0.717) is 12.8 Å². The highest BCUT2D eigenvalue weighted by molar-refractivity contribution is 5.97. The molecule has 0 amide bonds. The first-order valence-corrected chi connectivity index (χ1v) is 18.5. The number of nitrogen functional groups attached to an aromatic ring is 2. The third-order valence-corrected chi connectivity index (χ3v) is 9.80. The Labute approximate surface area is 323 Å². The molecule has 4 aromatic heterocycles. The van der Waals surface area contributed by atoms with Crippen LogP contribution in [0, 0.1) is 0 Å². The molecule has 4 heterocycles. The lowest BCUT2D eigenvalue weighted by Gasteiger charge is -2.10. The molecule has 0 aliphatic rings. The summed E-state index contributed by atoms with van der Waals surface area (Å²) in [6.07, 6.45) is 1.33. The monoisotopic (exact) mass is 724 g/mol. The molecule has 0 bridgehead atoms. The van der Waals surface area contributed by atoms with Gasteiger partial charge < -0.3 is 11.5 Å². The van der Waals surface area contributed by atoms with E-state index in [-0.39, 0.29) is 11.9 Å². The summed E-state index contributed by atoms with van der Waals surface area (Å²) >= 11 is 0. The number of hydrogen-bond donors (Lipinski definition) is 2. The molecule has 0 aliphatic heterocycles. The Balaban J connectivity index is 0.000000146. The molecule has 0 atom stereocenters. The van der Waals surface area contributed by atoms with Crippen LogP contribution in [0.5, 0.6) is 0 Å². The van der Waals surface area contributed by atoms with Gasteiger partial charge in [0.05, 0.1) is 33.8 Å². The summed E-state index contributed by atoms with van der Waals surface area (Å²) in [6, 6.07) is 57.7. The number of aromatic nitrogens is 6. The Morgan fingerprint density at radius 2 is 0.893 bits per heavy atom. The summed E-state index contributed by atoms with van der Waals surface area (Å²) in [5, 5.41) is 4.78. The van der Waals surface area contributed by atoms with E-state index in [2.05, 4.69) is 123 Å². The van der Waals surface area contributed by atoms with Crippen molar-refractivity contribution in [2.75, 3.05) is 11.5 Å². The lowest BCUT2D eigenvalue weighted by molar-refractivity contribution is 1.06. The quantitative estimate of drug-likeness (QED) is 0.173. The minimum Gasteiger partial charge on any atom is -0.368 e. The van der Waals surface area contributed by atoms with Crippen molar-refractivity contribution in [3.63, 3.8) is 0 Å². The van der Waals surface area contributed by atoms with Crippen LogP contribution in [0.25, 0.3) is 66.1 Å². The molecule has 0 fully saturated rings. The predicted octanol–water partition coefficient (Wildman–Crippen LogP) is 10.0. The van der Waals surface area contributed by atoms with E-state index in [0.717, 1.165) is 56.0 Å². The first-order chi connectivity index (χ1) is 27.5. The average molecular weight is 725 g/mol. The molecule has 0 spiro atoms. The molecular formula is C48H36N8. The number of nitrogens with two attached hydrogens (primary N) is 2. The molecule has 56 heavy (non-hydrogen) atoms. The van der Waals surface area contributed by atoms with Crippen molar-refractivity contribution in [3.05, 3.63) is 192 Å². The van der Waals surface area contributed by atoms with E-state index in [1.165, 1.54) is 32.7 Å². The van der Waals surface area contributed by atoms with Crippen LogP contribution in [0.1, 0.15) is 22.5 Å². The largest absolute Gasteiger partial charge is 0.368 e. The molecule has 6 aromatic carbocycles. The third kappa shape index (κ3) is 7.19. The highest BCUT2D eigenvalue weighted by Gasteiger charge is 2.13. The fourth-order valence-corrected chi connectivity index (χ4v) is 7.12. The Hall–Kier alpha value is -7.58. The highest BCUT2D eigenvalue weighted by atomic mass is 15.0. The Morgan fingerprint density at radius 1 is 0.375 bits per heavy atom. The van der Waals surface area contributed by atoms with Gasteiger partial charge in [0.2, 0.25) is 11.9 Å². The van der Waals surface area contributed by atoms with Crippen LogP contribution >= 0.6 is 0 Å². The van der Waals surface area contributed by atoms with Crippen molar-refractivity contribution in [2.45, 2.75) is 12.8 Å². The van der Waals surface area contributed by atoms with Gasteiger partial charge >= 0.3 is 0 Å². The molecule has 8 heteroatoms. The maximum Gasteiger partial charge on any atom is 0.220 e. The van der Waals surface area contributed by atoms with E-state index >= 15 is 0 Å². The van der Waals surface area contributed by atoms with E-state index in [4.69, 9.17) is 21.4 Å². The second kappa shape index (κ2) is 15.0. The van der Waals surface area contributed by atoms with E-state index in [1.807, 2.05) is 66.7 Å². The zero-order valence-electron chi connectivity index (χ0n) is 30.4. The number of hydrogen-bond acceptors (Lipinski definition) is 8. The first-order valence-electron chi connectivity index (χ1n) is 18.5. The van der Waals surface area contributed by atoms with Crippen LogP contribution in [-0.4, -0.2) is 29.9 Å². The minimum absolute atomic E-state index is 0.276. The molecule has 268 valence electrons. The van der Waals surface area contributed by atoms with Crippen molar-refractivity contribution in [1.29, 1.82) is 0 Å². The molecule has 4 N–H and O–H groups in total. The molecular weight excluding hydrogens is 689 g/mol. The molecule has 0 saturated heterocycles. The number of rotatable bonds is 6. The fourth-order valence-electron chi connectivity index (χ4n) is 7.12. The summed E-state index contributed by atoms with van der Waals surface area (Å²) in [6.45, 7) is 0. The van der Waals surface area contributed by atoms with Gasteiger partial charge in [-0.2, -0.15) is 0 Å². The molecule has 10 aromatic rings. The molecule has 0 radical (unpaired) electrons. The molecule has 0 saturated carbocycles. The second-order valence-corrected chi connectivity index (χ2v) is 13.6. The van der Waals surface area contributed by atoms with Crippen molar-refractivity contribution in [1.82, 2.24) is 29.9 Å². The van der Waals surface area contributed by atoms with E-state index in [1.54, 1.807) is 0 Å². The second-order valence-electron chi connectivity index (χ2n) is 13.6. The zero-order chi connectivity index (χ0) is 37.8. The van der Waals surface area contributed by atoms with Gasteiger partial charge in [-0.15, -0.1) is 0 Å². The van der Waals surface area contributed by atoms with Crippen LogP contribution in [-0.2, 0) is 12.8 Å². The summed E-state index contributed by atoms with van der Waals surface area (Å²) in [5.41, 5.74) is 23.0. The SMILES string of the molecule is Nc1nc(Cc2ccccc2)c2nc(-c3ccc4ccccc4c3)ccc2n1.Nc1nc(Cc2ccccc2)c2nc(-c3cccc4ccccc34)ccc2n1. The van der Waals surface area contributed by atoms with Crippen molar-refractivity contribution in [3.8, 4) is 22.5 Å². The summed E-state index contributed by atoms with van der Waals surface area (Å²) in [5.74, 6) is 0.553.